The normalized spacial score (nSPS) is 26.8. The van der Waals surface area contributed by atoms with Crippen molar-refractivity contribution in [1.29, 1.82) is 0 Å². The Bertz CT molecular complexity index is 628. The van der Waals surface area contributed by atoms with Crippen LogP contribution >= 0.6 is 34.8 Å². The SMILES string of the molecule is O=S(=O)(c1c(Cl)cc(Cl)cc1Cl)N1C2CCNCC1CC2. The predicted molar refractivity (Wildman–Crippen MR) is 84.8 cm³/mol. The van der Waals surface area contributed by atoms with Gasteiger partial charge in [0.05, 0.1) is 10.0 Å². The third kappa shape index (κ3) is 2.80. The number of sulfonamides is 1. The largest absolute Gasteiger partial charge is 0.315 e. The van der Waals surface area contributed by atoms with Crippen molar-refractivity contribution in [2.45, 2.75) is 36.2 Å². The number of halogens is 3. The van der Waals surface area contributed by atoms with Gasteiger partial charge in [-0.1, -0.05) is 34.8 Å². The monoisotopic (exact) mass is 368 g/mol. The summed E-state index contributed by atoms with van der Waals surface area (Å²) in [6.45, 7) is 1.49. The zero-order chi connectivity index (χ0) is 15.2. The van der Waals surface area contributed by atoms with Gasteiger partial charge >= 0.3 is 0 Å². The molecule has 2 fully saturated rings. The van der Waals surface area contributed by atoms with E-state index in [9.17, 15) is 8.42 Å². The lowest BCUT2D eigenvalue weighted by molar-refractivity contribution is 0.334. The fourth-order valence-electron chi connectivity index (χ4n) is 3.21. The molecule has 2 saturated heterocycles. The van der Waals surface area contributed by atoms with Crippen molar-refractivity contribution in [2.75, 3.05) is 13.1 Å². The topological polar surface area (TPSA) is 49.4 Å². The Labute approximate surface area is 139 Å². The highest BCUT2D eigenvalue weighted by Gasteiger charge is 2.44. The molecule has 2 atom stereocenters. The van der Waals surface area contributed by atoms with Gasteiger partial charge in [0.25, 0.3) is 0 Å². The molecule has 1 N–H and O–H groups in total. The highest BCUT2D eigenvalue weighted by molar-refractivity contribution is 7.89. The molecule has 0 spiro atoms. The number of hydrogen-bond donors (Lipinski definition) is 1. The highest BCUT2D eigenvalue weighted by Crippen LogP contribution is 2.39. The number of fused-ring (bicyclic) bond motifs is 2. The molecule has 0 amide bonds. The van der Waals surface area contributed by atoms with E-state index < -0.39 is 10.0 Å². The lowest BCUT2D eigenvalue weighted by Gasteiger charge is -2.27. The van der Waals surface area contributed by atoms with Crippen LogP contribution in [0.1, 0.15) is 19.3 Å². The van der Waals surface area contributed by atoms with E-state index in [1.54, 1.807) is 4.31 Å². The molecular formula is C13H15Cl3N2O2S. The fraction of sp³-hybridized carbons (Fsp3) is 0.538. The molecule has 0 aromatic heterocycles. The summed E-state index contributed by atoms with van der Waals surface area (Å²) in [5.41, 5.74) is 0. The van der Waals surface area contributed by atoms with E-state index in [-0.39, 0.29) is 27.0 Å². The van der Waals surface area contributed by atoms with E-state index in [2.05, 4.69) is 5.32 Å². The summed E-state index contributed by atoms with van der Waals surface area (Å²) in [4.78, 5) is -0.0333. The first-order valence-corrected chi connectivity index (χ1v) is 9.37. The highest BCUT2D eigenvalue weighted by atomic mass is 35.5. The van der Waals surface area contributed by atoms with Gasteiger partial charge in [-0.2, -0.15) is 4.31 Å². The lowest BCUT2D eigenvalue weighted by Crippen LogP contribution is -2.42. The fourth-order valence-corrected chi connectivity index (χ4v) is 6.61. The smallest absolute Gasteiger partial charge is 0.246 e. The number of rotatable bonds is 2. The van der Waals surface area contributed by atoms with Crippen molar-refractivity contribution in [3.63, 3.8) is 0 Å². The van der Waals surface area contributed by atoms with Crippen molar-refractivity contribution < 1.29 is 8.42 Å². The summed E-state index contributed by atoms with van der Waals surface area (Å²) in [5, 5.41) is 3.75. The van der Waals surface area contributed by atoms with Gasteiger partial charge in [-0.25, -0.2) is 8.42 Å². The number of nitrogens with zero attached hydrogens (tertiary/aromatic N) is 1. The number of nitrogens with one attached hydrogen (secondary N) is 1. The molecular weight excluding hydrogens is 355 g/mol. The third-order valence-corrected chi connectivity index (χ3v) is 7.23. The van der Waals surface area contributed by atoms with Crippen LogP contribution in [0.4, 0.5) is 0 Å². The van der Waals surface area contributed by atoms with Crippen molar-refractivity contribution in [3.8, 4) is 0 Å². The molecule has 2 unspecified atom stereocenters. The summed E-state index contributed by atoms with van der Waals surface area (Å²) in [6, 6.07) is 2.81. The van der Waals surface area contributed by atoms with Crippen molar-refractivity contribution >= 4 is 44.8 Å². The molecule has 21 heavy (non-hydrogen) atoms. The number of benzene rings is 1. The Morgan fingerprint density at radius 1 is 1.05 bits per heavy atom. The molecule has 4 nitrogen and oxygen atoms in total. The van der Waals surface area contributed by atoms with Gasteiger partial charge in [0.15, 0.2) is 0 Å². The van der Waals surface area contributed by atoms with Gasteiger partial charge in [0, 0.05) is 23.7 Å². The van der Waals surface area contributed by atoms with E-state index in [0.29, 0.717) is 11.6 Å². The first kappa shape index (κ1) is 15.8. The molecule has 3 rings (SSSR count). The summed E-state index contributed by atoms with van der Waals surface area (Å²) >= 11 is 18.1. The van der Waals surface area contributed by atoms with Gasteiger partial charge in [0.1, 0.15) is 4.90 Å². The van der Waals surface area contributed by atoms with E-state index in [0.717, 1.165) is 25.8 Å². The molecule has 8 heteroatoms. The van der Waals surface area contributed by atoms with Crippen LogP contribution in [-0.4, -0.2) is 37.9 Å². The average molecular weight is 370 g/mol. The predicted octanol–water partition coefficient (Wildman–Crippen LogP) is 3.16. The average Bonchev–Trinajstić information content (AvgIpc) is 2.61. The Hall–Kier alpha value is -0.0400. The molecule has 1 aromatic carbocycles. The molecule has 2 heterocycles. The lowest BCUT2D eigenvalue weighted by atomic mass is 10.1. The molecule has 2 aliphatic rings. The molecule has 0 radical (unpaired) electrons. The Kier molecular flexibility index (Phi) is 4.43. The molecule has 0 aliphatic carbocycles. The summed E-state index contributed by atoms with van der Waals surface area (Å²) in [5.74, 6) is 0. The van der Waals surface area contributed by atoms with Crippen LogP contribution in [0, 0.1) is 0 Å². The van der Waals surface area contributed by atoms with E-state index in [1.165, 1.54) is 12.1 Å². The second kappa shape index (κ2) is 5.87. The van der Waals surface area contributed by atoms with E-state index in [1.807, 2.05) is 0 Å². The number of hydrogen-bond acceptors (Lipinski definition) is 3. The van der Waals surface area contributed by atoms with Crippen molar-refractivity contribution in [1.82, 2.24) is 9.62 Å². The molecule has 2 bridgehead atoms. The van der Waals surface area contributed by atoms with Gasteiger partial charge in [-0.15, -0.1) is 0 Å². The summed E-state index contributed by atoms with van der Waals surface area (Å²) in [7, 11) is -3.73. The molecule has 2 aliphatic heterocycles. The summed E-state index contributed by atoms with van der Waals surface area (Å²) in [6.07, 6.45) is 2.55. The van der Waals surface area contributed by atoms with Crippen LogP contribution in [0.3, 0.4) is 0 Å². The minimum absolute atomic E-state index is 0.0119. The molecule has 0 saturated carbocycles. The van der Waals surface area contributed by atoms with Crippen molar-refractivity contribution in [3.05, 3.63) is 27.2 Å². The maximum absolute atomic E-state index is 13.0. The van der Waals surface area contributed by atoms with Gasteiger partial charge in [0.2, 0.25) is 10.0 Å². The minimum atomic E-state index is -3.73. The van der Waals surface area contributed by atoms with Gasteiger partial charge < -0.3 is 5.32 Å². The maximum atomic E-state index is 13.0. The second-order valence-electron chi connectivity index (χ2n) is 5.41. The molecule has 116 valence electrons. The second-order valence-corrected chi connectivity index (χ2v) is 8.44. The first-order chi connectivity index (χ1) is 9.91. The zero-order valence-electron chi connectivity index (χ0n) is 11.2. The molecule has 1 aromatic rings. The maximum Gasteiger partial charge on any atom is 0.246 e. The third-order valence-electron chi connectivity index (χ3n) is 4.09. The van der Waals surface area contributed by atoms with Crippen LogP contribution in [0.5, 0.6) is 0 Å². The standard InChI is InChI=1S/C13H15Cl3N2O2S/c14-8-5-11(15)13(12(16)6-8)21(19,20)18-9-1-2-10(18)7-17-4-3-9/h5-6,9-10,17H,1-4,7H2. The van der Waals surface area contributed by atoms with E-state index >= 15 is 0 Å². The van der Waals surface area contributed by atoms with Crippen LogP contribution in [0.15, 0.2) is 17.0 Å². The van der Waals surface area contributed by atoms with E-state index in [4.69, 9.17) is 34.8 Å². The minimum Gasteiger partial charge on any atom is -0.315 e. The zero-order valence-corrected chi connectivity index (χ0v) is 14.2. The summed E-state index contributed by atoms with van der Waals surface area (Å²) < 4.78 is 27.7. The quantitative estimate of drug-likeness (QED) is 0.871. The van der Waals surface area contributed by atoms with Crippen LogP contribution in [-0.2, 0) is 10.0 Å². The Balaban J connectivity index is 2.09. The van der Waals surface area contributed by atoms with Crippen LogP contribution in [0.25, 0.3) is 0 Å². The van der Waals surface area contributed by atoms with Crippen molar-refractivity contribution in [2.24, 2.45) is 0 Å². The first-order valence-electron chi connectivity index (χ1n) is 6.80. The van der Waals surface area contributed by atoms with Gasteiger partial charge in [-0.3, -0.25) is 0 Å². The van der Waals surface area contributed by atoms with Crippen LogP contribution < -0.4 is 5.32 Å². The van der Waals surface area contributed by atoms with Crippen LogP contribution in [0.2, 0.25) is 15.1 Å². The Morgan fingerprint density at radius 2 is 1.67 bits per heavy atom. The Morgan fingerprint density at radius 3 is 2.33 bits per heavy atom. The van der Waals surface area contributed by atoms with Gasteiger partial charge in [-0.05, 0) is 37.9 Å².